The van der Waals surface area contributed by atoms with Gasteiger partial charge in [-0.3, -0.25) is 0 Å². The fraction of sp³-hybridized carbons (Fsp3) is 0.700. The Labute approximate surface area is 159 Å². The van der Waals surface area contributed by atoms with Gasteiger partial charge in [-0.1, -0.05) is 65.0 Å². The Balaban J connectivity index is 0.00000529. The molecule has 2 N–H and O–H groups in total. The van der Waals surface area contributed by atoms with Crippen LogP contribution >= 0.6 is 24.2 Å². The van der Waals surface area contributed by atoms with E-state index < -0.39 is 6.10 Å². The van der Waals surface area contributed by atoms with E-state index in [1.807, 2.05) is 11.8 Å². The van der Waals surface area contributed by atoms with Crippen molar-refractivity contribution in [3.05, 3.63) is 29.8 Å². The van der Waals surface area contributed by atoms with E-state index >= 15 is 0 Å². The zero-order chi connectivity index (χ0) is 17.1. The van der Waals surface area contributed by atoms with Gasteiger partial charge in [-0.05, 0) is 37.6 Å². The van der Waals surface area contributed by atoms with Gasteiger partial charge in [0.1, 0.15) is 0 Å². The Morgan fingerprint density at radius 2 is 1.54 bits per heavy atom. The first-order valence-electron chi connectivity index (χ1n) is 9.22. The normalized spacial score (nSPS) is 13.6. The van der Waals surface area contributed by atoms with Crippen LogP contribution in [0.3, 0.4) is 0 Å². The summed E-state index contributed by atoms with van der Waals surface area (Å²) in [6.45, 7) is 9.70. The van der Waals surface area contributed by atoms with E-state index in [2.05, 4.69) is 57.3 Å². The molecule has 24 heavy (non-hydrogen) atoms. The molecule has 0 aliphatic rings. The fourth-order valence-electron chi connectivity index (χ4n) is 2.65. The van der Waals surface area contributed by atoms with Crippen LogP contribution < -0.4 is 5.32 Å². The molecule has 0 amide bonds. The number of benzene rings is 1. The molecule has 0 fully saturated rings. The van der Waals surface area contributed by atoms with E-state index in [0.717, 1.165) is 12.1 Å². The average Bonchev–Trinajstić information content (AvgIpc) is 2.53. The molecule has 2 nitrogen and oxygen atoms in total. The van der Waals surface area contributed by atoms with Crippen LogP contribution in [0.4, 0.5) is 0 Å². The molecule has 0 aromatic heterocycles. The second-order valence-corrected chi connectivity index (χ2v) is 8.34. The summed E-state index contributed by atoms with van der Waals surface area (Å²) in [5, 5.41) is 14.5. The zero-order valence-electron chi connectivity index (χ0n) is 15.8. The summed E-state index contributed by atoms with van der Waals surface area (Å²) in [5.41, 5.74) is 1.00. The van der Waals surface area contributed by atoms with Crippen molar-refractivity contribution < 1.29 is 5.11 Å². The first kappa shape index (κ1) is 23.8. The molecule has 0 radical (unpaired) electrons. The van der Waals surface area contributed by atoms with Crippen LogP contribution in [0.1, 0.15) is 77.9 Å². The molecule has 0 spiro atoms. The van der Waals surface area contributed by atoms with E-state index in [4.69, 9.17) is 0 Å². The number of aliphatic hydroxyl groups is 1. The van der Waals surface area contributed by atoms with E-state index in [0.29, 0.717) is 5.25 Å². The van der Waals surface area contributed by atoms with Crippen LogP contribution in [0.15, 0.2) is 29.2 Å². The van der Waals surface area contributed by atoms with Crippen LogP contribution in [0.5, 0.6) is 0 Å². The van der Waals surface area contributed by atoms with Crippen molar-refractivity contribution in [2.75, 3.05) is 6.54 Å². The minimum absolute atomic E-state index is 0. The number of hydrogen-bond acceptors (Lipinski definition) is 3. The Kier molecular flexibility index (Phi) is 13.9. The molecule has 1 aromatic carbocycles. The molecule has 1 rings (SSSR count). The van der Waals surface area contributed by atoms with Gasteiger partial charge in [-0.2, -0.15) is 0 Å². The first-order chi connectivity index (χ1) is 11.0. The third kappa shape index (κ3) is 9.93. The van der Waals surface area contributed by atoms with Crippen molar-refractivity contribution in [1.29, 1.82) is 0 Å². The highest BCUT2D eigenvalue weighted by Crippen LogP contribution is 2.25. The zero-order valence-corrected chi connectivity index (χ0v) is 17.4. The van der Waals surface area contributed by atoms with Crippen molar-refractivity contribution in [3.8, 4) is 0 Å². The lowest BCUT2D eigenvalue weighted by Crippen LogP contribution is -2.32. The lowest BCUT2D eigenvalue weighted by molar-refractivity contribution is 0.136. The maximum Gasteiger partial charge on any atom is 0.0940 e. The van der Waals surface area contributed by atoms with Gasteiger partial charge in [0.15, 0.2) is 0 Å². The summed E-state index contributed by atoms with van der Waals surface area (Å²) < 4.78 is 0. The second-order valence-electron chi connectivity index (χ2n) is 6.69. The van der Waals surface area contributed by atoms with E-state index in [1.54, 1.807) is 0 Å². The fourth-order valence-corrected chi connectivity index (χ4v) is 3.49. The van der Waals surface area contributed by atoms with Crippen molar-refractivity contribution in [3.63, 3.8) is 0 Å². The number of unbranched alkanes of at least 4 members (excludes halogenated alkanes) is 5. The standard InChI is InChI=1S/C20H35NOS.ClH/c1-5-6-7-8-9-10-15-21-17(4)20(22)18-11-13-19(14-12-18)23-16(2)3;/h11-14,16-17,20-22H,5-10,15H2,1-4H3;1H/t17-,20-;/m0./s1. The van der Waals surface area contributed by atoms with Crippen molar-refractivity contribution in [1.82, 2.24) is 5.32 Å². The number of rotatable bonds is 12. The Morgan fingerprint density at radius 1 is 0.958 bits per heavy atom. The number of nitrogens with one attached hydrogen (secondary N) is 1. The average molecular weight is 374 g/mol. The van der Waals surface area contributed by atoms with Gasteiger partial charge in [0.2, 0.25) is 0 Å². The summed E-state index contributed by atoms with van der Waals surface area (Å²) in [7, 11) is 0. The Morgan fingerprint density at radius 3 is 2.12 bits per heavy atom. The van der Waals surface area contributed by atoms with Gasteiger partial charge in [0.25, 0.3) is 0 Å². The quantitative estimate of drug-likeness (QED) is 0.349. The van der Waals surface area contributed by atoms with Crippen molar-refractivity contribution in [2.45, 2.75) is 88.5 Å². The third-order valence-electron chi connectivity index (χ3n) is 4.06. The minimum Gasteiger partial charge on any atom is -0.387 e. The minimum atomic E-state index is -0.437. The smallest absolute Gasteiger partial charge is 0.0940 e. The van der Waals surface area contributed by atoms with E-state index in [9.17, 15) is 5.11 Å². The molecule has 2 atom stereocenters. The number of thioether (sulfide) groups is 1. The monoisotopic (exact) mass is 373 g/mol. The van der Waals surface area contributed by atoms with Crippen LogP contribution in [-0.2, 0) is 0 Å². The molecule has 0 saturated carbocycles. The molecular weight excluding hydrogens is 338 g/mol. The summed E-state index contributed by atoms with van der Waals surface area (Å²) in [5.74, 6) is 0. The molecule has 0 bridgehead atoms. The molecule has 1 aromatic rings. The van der Waals surface area contributed by atoms with Gasteiger partial charge >= 0.3 is 0 Å². The topological polar surface area (TPSA) is 32.3 Å². The van der Waals surface area contributed by atoms with Gasteiger partial charge in [0, 0.05) is 16.2 Å². The maximum absolute atomic E-state index is 10.5. The predicted molar refractivity (Wildman–Crippen MR) is 110 cm³/mol. The highest BCUT2D eigenvalue weighted by atomic mass is 35.5. The molecule has 0 aliphatic heterocycles. The number of hydrogen-bond donors (Lipinski definition) is 2. The molecule has 4 heteroatoms. The Bertz CT molecular complexity index is 411. The van der Waals surface area contributed by atoms with Crippen LogP contribution in [0.25, 0.3) is 0 Å². The molecule has 0 heterocycles. The molecule has 140 valence electrons. The maximum atomic E-state index is 10.5. The first-order valence-corrected chi connectivity index (χ1v) is 10.1. The molecular formula is C20H36ClNOS. The predicted octanol–water partition coefficient (Wildman–Crippen LogP) is 5.98. The van der Waals surface area contributed by atoms with Gasteiger partial charge < -0.3 is 10.4 Å². The van der Waals surface area contributed by atoms with Crippen LogP contribution in [0, 0.1) is 0 Å². The van der Waals surface area contributed by atoms with Crippen molar-refractivity contribution in [2.24, 2.45) is 0 Å². The largest absolute Gasteiger partial charge is 0.387 e. The molecule has 0 unspecified atom stereocenters. The number of halogens is 1. The second kappa shape index (κ2) is 14.0. The van der Waals surface area contributed by atoms with E-state index in [1.165, 1.54) is 43.4 Å². The summed E-state index contributed by atoms with van der Waals surface area (Å²) in [6, 6.07) is 8.43. The molecule has 0 aliphatic carbocycles. The Hall–Kier alpha value is -0.220. The summed E-state index contributed by atoms with van der Waals surface area (Å²) in [6.07, 6.45) is 7.40. The lowest BCUT2D eigenvalue weighted by atomic mass is 10.0. The highest BCUT2D eigenvalue weighted by molar-refractivity contribution is 7.99. The molecule has 0 saturated heterocycles. The van der Waals surface area contributed by atoms with E-state index in [-0.39, 0.29) is 18.4 Å². The SMILES string of the molecule is CCCCCCCCN[C@@H](C)[C@H](O)c1ccc(SC(C)C)cc1.Cl. The van der Waals surface area contributed by atoms with Crippen LogP contribution in [-0.4, -0.2) is 22.9 Å². The summed E-state index contributed by atoms with van der Waals surface area (Å²) >= 11 is 1.85. The van der Waals surface area contributed by atoms with Crippen molar-refractivity contribution >= 4 is 24.2 Å². The van der Waals surface area contributed by atoms with Gasteiger partial charge in [-0.25, -0.2) is 0 Å². The highest BCUT2D eigenvalue weighted by Gasteiger charge is 2.15. The van der Waals surface area contributed by atoms with Gasteiger partial charge in [0.05, 0.1) is 6.10 Å². The van der Waals surface area contributed by atoms with Gasteiger partial charge in [-0.15, -0.1) is 24.2 Å². The lowest BCUT2D eigenvalue weighted by Gasteiger charge is -2.21. The summed E-state index contributed by atoms with van der Waals surface area (Å²) in [4.78, 5) is 1.27. The van der Waals surface area contributed by atoms with Crippen LogP contribution in [0.2, 0.25) is 0 Å². The third-order valence-corrected chi connectivity index (χ3v) is 5.08. The number of aliphatic hydroxyl groups excluding tert-OH is 1.